The SMILES string of the molecule is COc1ccc2nc(SC[C@]3(O)CC[C@H]4c5ccc(cc5C(=O)c5ccccc5-c5ccccc5)C[C@@H](O)CCC(C)=CCC[C@@]43C)[nH]c2c1. The van der Waals surface area contributed by atoms with Crippen LogP contribution in [0.3, 0.4) is 0 Å². The van der Waals surface area contributed by atoms with Crippen molar-refractivity contribution >= 4 is 28.6 Å². The van der Waals surface area contributed by atoms with Crippen LogP contribution in [-0.2, 0) is 6.42 Å². The number of carbonyl (C=O) groups is 1. The summed E-state index contributed by atoms with van der Waals surface area (Å²) in [6.07, 6.45) is 6.70. The number of rotatable bonds is 7. The van der Waals surface area contributed by atoms with Crippen molar-refractivity contribution in [3.8, 4) is 16.9 Å². The van der Waals surface area contributed by atoms with Gasteiger partial charge in [0.05, 0.1) is 29.8 Å². The molecule has 7 heteroatoms. The van der Waals surface area contributed by atoms with E-state index in [9.17, 15) is 15.0 Å². The first kappa shape index (κ1) is 34.3. The van der Waals surface area contributed by atoms with Crippen LogP contribution in [0.5, 0.6) is 5.75 Å². The lowest BCUT2D eigenvalue weighted by Crippen LogP contribution is -2.46. The Balaban J connectivity index is 1.29. The van der Waals surface area contributed by atoms with Gasteiger partial charge >= 0.3 is 0 Å². The summed E-state index contributed by atoms with van der Waals surface area (Å²) in [6, 6.07) is 29.9. The lowest BCUT2D eigenvalue weighted by molar-refractivity contribution is -0.0422. The molecule has 258 valence electrons. The van der Waals surface area contributed by atoms with E-state index in [4.69, 9.17) is 9.72 Å². The van der Waals surface area contributed by atoms with Crippen molar-refractivity contribution in [2.24, 2.45) is 5.41 Å². The molecule has 0 saturated heterocycles. The van der Waals surface area contributed by atoms with Gasteiger partial charge in [0.2, 0.25) is 0 Å². The second-order valence-corrected chi connectivity index (χ2v) is 15.4. The maximum Gasteiger partial charge on any atom is 0.193 e. The Bertz CT molecular complexity index is 2040. The summed E-state index contributed by atoms with van der Waals surface area (Å²) >= 11 is 1.55. The van der Waals surface area contributed by atoms with Gasteiger partial charge in [-0.2, -0.15) is 0 Å². The third-order valence-electron chi connectivity index (χ3n) is 11.3. The van der Waals surface area contributed by atoms with Crippen molar-refractivity contribution < 1.29 is 19.7 Å². The first-order chi connectivity index (χ1) is 24.2. The zero-order chi connectivity index (χ0) is 34.9. The van der Waals surface area contributed by atoms with Crippen molar-refractivity contribution in [3.63, 3.8) is 0 Å². The Morgan fingerprint density at radius 2 is 1.78 bits per heavy atom. The standard InChI is InChI=1S/C43H46N2O4S/c1-28-10-9-22-42(2)37(21-23-43(42,48)27-50-41-44-38-20-18-32(49-3)26-39(38)45-41)34-19-16-29(24-31(46)17-15-28)25-36(34)40(47)35-14-8-7-13-33(35)30-11-5-4-6-12-30/h4-8,10-14,16,18-20,25-26,31,37,46,48H,9,15,17,21-24,27H2,1-3H3,(H,44,45)/t31-,37-,42-,43+/m0/s1. The minimum Gasteiger partial charge on any atom is -0.497 e. The van der Waals surface area contributed by atoms with E-state index in [1.807, 2.05) is 78.9 Å². The molecule has 0 amide bonds. The molecule has 5 aromatic rings. The molecule has 0 aliphatic heterocycles. The number of hydrogen-bond acceptors (Lipinski definition) is 6. The van der Waals surface area contributed by atoms with Crippen LogP contribution < -0.4 is 4.74 Å². The average Bonchev–Trinajstić information content (AvgIpc) is 3.66. The minimum absolute atomic E-state index is 0.0245. The number of imidazole rings is 1. The molecule has 1 aromatic heterocycles. The van der Waals surface area contributed by atoms with Gasteiger partial charge in [0.25, 0.3) is 0 Å². The molecule has 0 spiro atoms. The second-order valence-electron chi connectivity index (χ2n) is 14.4. The number of nitrogens with one attached hydrogen (secondary N) is 1. The number of hydrogen-bond donors (Lipinski definition) is 3. The number of ether oxygens (including phenoxy) is 1. The van der Waals surface area contributed by atoms with Crippen LogP contribution in [0.25, 0.3) is 22.2 Å². The summed E-state index contributed by atoms with van der Waals surface area (Å²) < 4.78 is 5.40. The van der Waals surface area contributed by atoms with E-state index in [0.717, 1.165) is 69.9 Å². The van der Waals surface area contributed by atoms with Crippen molar-refractivity contribution in [1.82, 2.24) is 9.97 Å². The van der Waals surface area contributed by atoms with E-state index in [2.05, 4.69) is 37.0 Å². The van der Waals surface area contributed by atoms with Crippen molar-refractivity contribution in [3.05, 3.63) is 125 Å². The van der Waals surface area contributed by atoms with Gasteiger partial charge in [0, 0.05) is 28.4 Å². The van der Waals surface area contributed by atoms with Crippen LogP contribution in [0.1, 0.15) is 85.3 Å². The normalized spacial score (nSPS) is 24.1. The van der Waals surface area contributed by atoms with E-state index in [1.54, 1.807) is 18.9 Å². The van der Waals surface area contributed by atoms with Crippen LogP contribution >= 0.6 is 11.8 Å². The molecule has 1 saturated carbocycles. The molecule has 4 atom stereocenters. The first-order valence-corrected chi connectivity index (χ1v) is 18.7. The number of benzene rings is 4. The predicted molar refractivity (Wildman–Crippen MR) is 202 cm³/mol. The highest BCUT2D eigenvalue weighted by atomic mass is 32.2. The van der Waals surface area contributed by atoms with E-state index < -0.39 is 17.1 Å². The van der Waals surface area contributed by atoms with Gasteiger partial charge in [-0.1, -0.05) is 97.1 Å². The van der Waals surface area contributed by atoms with Gasteiger partial charge < -0.3 is 19.9 Å². The molecule has 6 nitrogen and oxygen atoms in total. The molecule has 1 fully saturated rings. The average molecular weight is 687 g/mol. The number of aromatic amines is 1. The van der Waals surface area contributed by atoms with Gasteiger partial charge in [-0.25, -0.2) is 4.98 Å². The van der Waals surface area contributed by atoms with Crippen molar-refractivity contribution in [2.45, 2.75) is 81.6 Å². The second kappa shape index (κ2) is 14.2. The quantitative estimate of drug-likeness (QED) is 0.0898. The number of fused-ring (bicyclic) bond motifs is 9. The summed E-state index contributed by atoms with van der Waals surface area (Å²) in [5.41, 5.74) is 6.64. The smallest absolute Gasteiger partial charge is 0.193 e. The van der Waals surface area contributed by atoms with Crippen LogP contribution in [0.15, 0.2) is 108 Å². The van der Waals surface area contributed by atoms with E-state index in [0.29, 0.717) is 36.1 Å². The Labute approximate surface area is 299 Å². The summed E-state index contributed by atoms with van der Waals surface area (Å²) in [6.45, 7) is 4.37. The van der Waals surface area contributed by atoms with Crippen LogP contribution in [0, 0.1) is 5.41 Å². The number of thioether (sulfide) groups is 1. The third kappa shape index (κ3) is 6.67. The number of aliphatic hydroxyl groups is 2. The zero-order valence-electron chi connectivity index (χ0n) is 29.1. The van der Waals surface area contributed by atoms with Gasteiger partial charge in [0.15, 0.2) is 10.9 Å². The summed E-state index contributed by atoms with van der Waals surface area (Å²) in [7, 11) is 1.65. The van der Waals surface area contributed by atoms with Crippen LogP contribution in [0.2, 0.25) is 0 Å². The molecule has 3 N–H and O–H groups in total. The Hall–Kier alpha value is -4.17. The first-order valence-electron chi connectivity index (χ1n) is 17.7. The predicted octanol–water partition coefficient (Wildman–Crippen LogP) is 9.30. The maximum atomic E-state index is 14.8. The Morgan fingerprint density at radius 3 is 2.60 bits per heavy atom. The third-order valence-corrected chi connectivity index (χ3v) is 12.4. The monoisotopic (exact) mass is 686 g/mol. The summed E-state index contributed by atoms with van der Waals surface area (Å²) in [4.78, 5) is 23.1. The molecule has 3 aliphatic carbocycles. The molecule has 0 unspecified atom stereocenters. The summed E-state index contributed by atoms with van der Waals surface area (Å²) in [5.74, 6) is 1.17. The lowest BCUT2D eigenvalue weighted by Gasteiger charge is -2.44. The zero-order valence-corrected chi connectivity index (χ0v) is 29.9. The number of aromatic nitrogens is 2. The molecule has 8 rings (SSSR count). The van der Waals surface area contributed by atoms with E-state index in [1.165, 1.54) is 5.57 Å². The maximum absolute atomic E-state index is 14.8. The fourth-order valence-electron chi connectivity index (χ4n) is 8.22. The molecule has 0 radical (unpaired) electrons. The van der Waals surface area contributed by atoms with Gasteiger partial charge in [-0.3, -0.25) is 4.79 Å². The number of H-pyrrole nitrogens is 1. The van der Waals surface area contributed by atoms with E-state index >= 15 is 0 Å². The molecule has 1 heterocycles. The fraction of sp³-hybridized carbons (Fsp3) is 0.349. The highest BCUT2D eigenvalue weighted by Gasteiger charge is 2.56. The topological polar surface area (TPSA) is 95.4 Å². The molecule has 3 aliphatic rings. The largest absolute Gasteiger partial charge is 0.497 e. The summed E-state index contributed by atoms with van der Waals surface area (Å²) in [5, 5.41) is 24.5. The van der Waals surface area contributed by atoms with Crippen LogP contribution in [-0.4, -0.2) is 50.5 Å². The van der Waals surface area contributed by atoms with E-state index in [-0.39, 0.29) is 11.7 Å². The number of ketones is 1. The van der Waals surface area contributed by atoms with Crippen LogP contribution in [0.4, 0.5) is 0 Å². The highest BCUT2D eigenvalue weighted by Crippen LogP contribution is 2.59. The number of allylic oxidation sites excluding steroid dienone is 2. The molecule has 2 bridgehead atoms. The van der Waals surface area contributed by atoms with Gasteiger partial charge in [-0.05, 0) is 98.2 Å². The minimum atomic E-state index is -1.01. The number of methoxy groups -OCH3 is 1. The van der Waals surface area contributed by atoms with Gasteiger partial charge in [0.1, 0.15) is 5.75 Å². The van der Waals surface area contributed by atoms with Gasteiger partial charge in [-0.15, -0.1) is 0 Å². The molecular formula is C43H46N2O4S. The number of aliphatic hydroxyl groups excluding tert-OH is 1. The highest BCUT2D eigenvalue weighted by molar-refractivity contribution is 7.99. The molecular weight excluding hydrogens is 641 g/mol. The molecule has 50 heavy (non-hydrogen) atoms. The van der Waals surface area contributed by atoms with Crippen molar-refractivity contribution in [1.29, 1.82) is 0 Å². The Kier molecular flexibility index (Phi) is 9.75. The fourth-order valence-corrected chi connectivity index (χ4v) is 9.41. The Morgan fingerprint density at radius 1 is 0.980 bits per heavy atom. The lowest BCUT2D eigenvalue weighted by atomic mass is 9.65. The number of carbonyl (C=O) groups excluding carboxylic acids is 1. The van der Waals surface area contributed by atoms with Crippen molar-refractivity contribution in [2.75, 3.05) is 12.9 Å². The molecule has 4 aromatic carbocycles. The number of nitrogens with zero attached hydrogens (tertiary/aromatic N) is 1.